The van der Waals surface area contributed by atoms with Gasteiger partial charge in [0.2, 0.25) is 5.91 Å². The Morgan fingerprint density at radius 3 is 2.08 bits per heavy atom. The molecule has 146 valence electrons. The van der Waals surface area contributed by atoms with Crippen molar-refractivity contribution in [3.05, 3.63) is 0 Å². The lowest BCUT2D eigenvalue weighted by Crippen LogP contribution is -2.54. The predicted octanol–water partition coefficient (Wildman–Crippen LogP) is 1.56. The highest BCUT2D eigenvalue weighted by molar-refractivity contribution is 5.92. The van der Waals surface area contributed by atoms with Gasteiger partial charge in [-0.25, -0.2) is 4.79 Å². The molecule has 0 aromatic rings. The number of nitrogens with two attached hydrogens (primary N) is 1. The van der Waals surface area contributed by atoms with Crippen LogP contribution >= 0.6 is 0 Å². The lowest BCUT2D eigenvalue weighted by molar-refractivity contribution is -0.131. The van der Waals surface area contributed by atoms with E-state index in [1.54, 1.807) is 0 Å². The first-order valence-electron chi connectivity index (χ1n) is 9.23. The zero-order valence-electron chi connectivity index (χ0n) is 16.5. The molecule has 0 spiro atoms. The van der Waals surface area contributed by atoms with Crippen molar-refractivity contribution in [1.82, 2.24) is 16.0 Å². The van der Waals surface area contributed by atoms with E-state index in [-0.39, 0.29) is 35.6 Å². The zero-order chi connectivity index (χ0) is 19.6. The van der Waals surface area contributed by atoms with Crippen LogP contribution in [0.4, 0.5) is 4.79 Å². The van der Waals surface area contributed by atoms with E-state index in [1.807, 2.05) is 41.5 Å². The summed E-state index contributed by atoms with van der Waals surface area (Å²) in [6, 6.07) is -1.32. The Labute approximate surface area is 151 Å². The van der Waals surface area contributed by atoms with Crippen molar-refractivity contribution in [3.63, 3.8) is 0 Å². The molecular formula is C18H36N4O3. The highest BCUT2D eigenvalue weighted by atomic mass is 16.2. The molecule has 25 heavy (non-hydrogen) atoms. The molecule has 0 heterocycles. The molecule has 3 amide bonds. The minimum atomic E-state index is -0.588. The highest BCUT2D eigenvalue weighted by Gasteiger charge is 2.29. The summed E-state index contributed by atoms with van der Waals surface area (Å²) >= 11 is 0. The van der Waals surface area contributed by atoms with Gasteiger partial charge in [-0.2, -0.15) is 0 Å². The third-order valence-corrected chi connectivity index (χ3v) is 4.19. The summed E-state index contributed by atoms with van der Waals surface area (Å²) in [5.74, 6) is -0.140. The molecule has 0 saturated carbocycles. The number of rotatable bonds is 12. The Hall–Kier alpha value is -1.63. The third-order valence-electron chi connectivity index (χ3n) is 4.19. The molecule has 7 heteroatoms. The maximum absolute atomic E-state index is 12.7. The lowest BCUT2D eigenvalue weighted by atomic mass is 9.93. The van der Waals surface area contributed by atoms with Gasteiger partial charge in [0.1, 0.15) is 0 Å². The third kappa shape index (κ3) is 9.43. The monoisotopic (exact) mass is 356 g/mol. The van der Waals surface area contributed by atoms with Crippen LogP contribution in [-0.4, -0.2) is 42.4 Å². The van der Waals surface area contributed by atoms with Gasteiger partial charge < -0.3 is 21.7 Å². The van der Waals surface area contributed by atoms with E-state index >= 15 is 0 Å². The molecule has 0 bridgehead atoms. The number of urea groups is 1. The number of hydrogen-bond acceptors (Lipinski definition) is 4. The normalized spacial score (nSPS) is 14.9. The number of amides is 3. The van der Waals surface area contributed by atoms with Crippen LogP contribution in [0.2, 0.25) is 0 Å². The van der Waals surface area contributed by atoms with Crippen LogP contribution in [0.1, 0.15) is 60.8 Å². The van der Waals surface area contributed by atoms with Gasteiger partial charge in [0.05, 0.1) is 12.1 Å². The van der Waals surface area contributed by atoms with E-state index in [0.717, 1.165) is 6.42 Å². The molecule has 2 unspecified atom stereocenters. The van der Waals surface area contributed by atoms with Gasteiger partial charge in [0.15, 0.2) is 5.78 Å². The molecule has 3 atom stereocenters. The van der Waals surface area contributed by atoms with Gasteiger partial charge in [-0.15, -0.1) is 0 Å². The molecule has 0 aliphatic carbocycles. The largest absolute Gasteiger partial charge is 0.352 e. The van der Waals surface area contributed by atoms with Crippen molar-refractivity contribution < 1.29 is 14.4 Å². The molecule has 7 nitrogen and oxygen atoms in total. The first-order valence-corrected chi connectivity index (χ1v) is 9.23. The summed E-state index contributed by atoms with van der Waals surface area (Å²) in [4.78, 5) is 36.0. The van der Waals surface area contributed by atoms with E-state index < -0.39 is 12.1 Å². The second-order valence-corrected chi connectivity index (χ2v) is 7.25. The quantitative estimate of drug-likeness (QED) is 0.397. The Bertz CT molecular complexity index is 438. The van der Waals surface area contributed by atoms with Crippen molar-refractivity contribution >= 4 is 17.7 Å². The van der Waals surface area contributed by atoms with Crippen molar-refractivity contribution in [2.45, 2.75) is 78.9 Å². The fourth-order valence-corrected chi connectivity index (χ4v) is 2.54. The molecular weight excluding hydrogens is 320 g/mol. The topological polar surface area (TPSA) is 113 Å². The lowest BCUT2D eigenvalue weighted by Gasteiger charge is -2.27. The standard InChI is InChI=1S/C18H36N4O3/c1-7-13(6)16(23)14(9-8-10-20-18(19)25)22-17(24)15(11(2)3)21-12(4)5/h11-15,21H,7-10H2,1-6H3,(H,22,24)(H3,19,20,25)/t13?,14-,15?/m0/s1. The molecule has 0 saturated heterocycles. The summed E-state index contributed by atoms with van der Waals surface area (Å²) in [5, 5.41) is 8.67. The molecule has 0 fully saturated rings. The summed E-state index contributed by atoms with van der Waals surface area (Å²) in [6.45, 7) is 12.1. The summed E-state index contributed by atoms with van der Waals surface area (Å²) < 4.78 is 0. The minimum absolute atomic E-state index is 0.0296. The second-order valence-electron chi connectivity index (χ2n) is 7.25. The van der Waals surface area contributed by atoms with E-state index in [4.69, 9.17) is 5.73 Å². The molecule has 0 rings (SSSR count). The van der Waals surface area contributed by atoms with Gasteiger partial charge in [0, 0.05) is 18.5 Å². The fraction of sp³-hybridized carbons (Fsp3) is 0.833. The van der Waals surface area contributed by atoms with E-state index in [2.05, 4.69) is 16.0 Å². The number of Topliss-reactive ketones (excluding diaryl/α,β-unsaturated/α-hetero) is 1. The number of ketones is 1. The maximum Gasteiger partial charge on any atom is 0.312 e. The van der Waals surface area contributed by atoms with Crippen molar-refractivity contribution in [3.8, 4) is 0 Å². The van der Waals surface area contributed by atoms with Gasteiger partial charge >= 0.3 is 6.03 Å². The van der Waals surface area contributed by atoms with Crippen LogP contribution in [0.25, 0.3) is 0 Å². The number of hydrogen-bond donors (Lipinski definition) is 4. The Morgan fingerprint density at radius 1 is 1.04 bits per heavy atom. The zero-order valence-corrected chi connectivity index (χ0v) is 16.5. The molecule has 0 aromatic carbocycles. The average molecular weight is 357 g/mol. The summed E-state index contributed by atoms with van der Waals surface area (Å²) in [7, 11) is 0. The van der Waals surface area contributed by atoms with Crippen LogP contribution in [-0.2, 0) is 9.59 Å². The number of nitrogens with one attached hydrogen (secondary N) is 3. The number of carbonyl (C=O) groups is 3. The minimum Gasteiger partial charge on any atom is -0.352 e. The molecule has 0 aliphatic heterocycles. The van der Waals surface area contributed by atoms with Crippen LogP contribution in [0, 0.1) is 11.8 Å². The highest BCUT2D eigenvalue weighted by Crippen LogP contribution is 2.11. The number of carbonyl (C=O) groups excluding carboxylic acids is 3. The molecule has 0 radical (unpaired) electrons. The smallest absolute Gasteiger partial charge is 0.312 e. The van der Waals surface area contributed by atoms with Crippen LogP contribution < -0.4 is 21.7 Å². The van der Waals surface area contributed by atoms with Crippen molar-refractivity contribution in [2.75, 3.05) is 6.54 Å². The van der Waals surface area contributed by atoms with Gasteiger partial charge in [-0.3, -0.25) is 9.59 Å². The van der Waals surface area contributed by atoms with Crippen LogP contribution in [0.3, 0.4) is 0 Å². The van der Waals surface area contributed by atoms with Crippen LogP contribution in [0.5, 0.6) is 0 Å². The summed E-state index contributed by atoms with van der Waals surface area (Å²) in [5.41, 5.74) is 5.04. The van der Waals surface area contributed by atoms with Crippen LogP contribution in [0.15, 0.2) is 0 Å². The van der Waals surface area contributed by atoms with Gasteiger partial charge in [0.25, 0.3) is 0 Å². The van der Waals surface area contributed by atoms with Gasteiger partial charge in [-0.1, -0.05) is 41.5 Å². The van der Waals surface area contributed by atoms with E-state index in [0.29, 0.717) is 19.4 Å². The maximum atomic E-state index is 12.7. The first kappa shape index (κ1) is 23.4. The SMILES string of the molecule is CCC(C)C(=O)[C@H](CCCNC(N)=O)NC(=O)C(NC(C)C)C(C)C. The Kier molecular flexibility index (Phi) is 11.1. The molecule has 0 aliphatic rings. The fourth-order valence-electron chi connectivity index (χ4n) is 2.54. The Morgan fingerprint density at radius 2 is 1.64 bits per heavy atom. The Balaban J connectivity index is 4.96. The second kappa shape index (κ2) is 11.8. The molecule has 5 N–H and O–H groups in total. The molecule has 0 aromatic heterocycles. The van der Waals surface area contributed by atoms with E-state index in [1.165, 1.54) is 0 Å². The van der Waals surface area contributed by atoms with Gasteiger partial charge in [-0.05, 0) is 25.2 Å². The number of primary amides is 1. The predicted molar refractivity (Wildman–Crippen MR) is 100 cm³/mol. The first-order chi connectivity index (χ1) is 11.6. The van der Waals surface area contributed by atoms with E-state index in [9.17, 15) is 14.4 Å². The van der Waals surface area contributed by atoms with Crippen molar-refractivity contribution in [1.29, 1.82) is 0 Å². The van der Waals surface area contributed by atoms with Crippen molar-refractivity contribution in [2.24, 2.45) is 17.6 Å². The average Bonchev–Trinajstić information content (AvgIpc) is 2.52. The summed E-state index contributed by atoms with van der Waals surface area (Å²) in [6.07, 6.45) is 1.77.